The highest BCUT2D eigenvalue weighted by atomic mass is 16.5. The predicted molar refractivity (Wildman–Crippen MR) is 66.3 cm³/mol. The largest absolute Gasteiger partial charge is 0.480 e. The second-order valence-corrected chi connectivity index (χ2v) is 3.41. The fraction of sp³-hybridized carbons (Fsp3) is 0.273. The van der Waals surface area contributed by atoms with Crippen molar-refractivity contribution in [3.63, 3.8) is 0 Å². The molecule has 0 aliphatic carbocycles. The Morgan fingerprint density at radius 2 is 2.37 bits per heavy atom. The Labute approximate surface area is 109 Å². The number of ether oxygens (including phenoxy) is 2. The minimum Gasteiger partial charge on any atom is -0.480 e. The van der Waals surface area contributed by atoms with Crippen LogP contribution in [0.25, 0.3) is 0 Å². The molecule has 0 atom stereocenters. The average molecular weight is 263 g/mol. The summed E-state index contributed by atoms with van der Waals surface area (Å²) in [7, 11) is 1.45. The lowest BCUT2D eigenvalue weighted by Gasteiger charge is -2.05. The fourth-order valence-electron chi connectivity index (χ4n) is 1.40. The van der Waals surface area contributed by atoms with Crippen LogP contribution in [0.4, 0.5) is 5.95 Å². The van der Waals surface area contributed by atoms with Gasteiger partial charge < -0.3 is 9.47 Å². The van der Waals surface area contributed by atoms with Crippen molar-refractivity contribution in [3.8, 4) is 11.9 Å². The molecule has 0 aromatic carbocycles. The molecule has 8 nitrogen and oxygen atoms in total. The first kappa shape index (κ1) is 12.8. The summed E-state index contributed by atoms with van der Waals surface area (Å²) in [5, 5.41) is 8.87. The third kappa shape index (κ3) is 2.97. The lowest BCUT2D eigenvalue weighted by atomic mass is 10.2. The summed E-state index contributed by atoms with van der Waals surface area (Å²) < 4.78 is 10.1. The number of carbonyl (C=O) groups excluding carboxylic acids is 1. The summed E-state index contributed by atoms with van der Waals surface area (Å²) in [6.45, 7) is 2.26. The van der Waals surface area contributed by atoms with Crippen molar-refractivity contribution in [1.82, 2.24) is 20.2 Å². The van der Waals surface area contributed by atoms with Crippen molar-refractivity contribution in [3.05, 3.63) is 23.9 Å². The van der Waals surface area contributed by atoms with Gasteiger partial charge in [-0.15, -0.1) is 5.10 Å². The second kappa shape index (κ2) is 5.80. The first-order valence-corrected chi connectivity index (χ1v) is 5.60. The number of carbonyl (C=O) groups is 1. The molecule has 0 bridgehead atoms. The van der Waals surface area contributed by atoms with Gasteiger partial charge in [0.05, 0.1) is 13.7 Å². The Bertz CT molecular complexity index is 569. The first-order chi connectivity index (χ1) is 9.24. The van der Waals surface area contributed by atoms with Gasteiger partial charge in [0.15, 0.2) is 0 Å². The zero-order valence-corrected chi connectivity index (χ0v) is 10.5. The quantitative estimate of drug-likeness (QED) is 0.829. The molecule has 2 rings (SSSR count). The Morgan fingerprint density at radius 1 is 1.53 bits per heavy atom. The molecule has 2 aromatic rings. The molecule has 0 aliphatic rings. The number of pyridine rings is 1. The van der Waals surface area contributed by atoms with Crippen molar-refractivity contribution >= 4 is 11.9 Å². The molecule has 0 saturated carbocycles. The van der Waals surface area contributed by atoms with Crippen LogP contribution in [0, 0.1) is 0 Å². The van der Waals surface area contributed by atoms with Gasteiger partial charge in [0.2, 0.25) is 11.8 Å². The number of methoxy groups -OCH3 is 1. The lowest BCUT2D eigenvalue weighted by Crippen LogP contribution is -2.14. The van der Waals surface area contributed by atoms with E-state index in [2.05, 4.69) is 25.5 Å². The Hall–Kier alpha value is -2.64. The Kier molecular flexibility index (Phi) is 3.91. The van der Waals surface area contributed by atoms with Crippen LogP contribution in [0.3, 0.4) is 0 Å². The smallest absolute Gasteiger partial charge is 0.337 e. The van der Waals surface area contributed by atoms with Crippen LogP contribution >= 0.6 is 0 Å². The second-order valence-electron chi connectivity index (χ2n) is 3.41. The number of nitrogens with zero attached hydrogens (tertiary/aromatic N) is 3. The van der Waals surface area contributed by atoms with E-state index >= 15 is 0 Å². The minimum atomic E-state index is -0.399. The van der Waals surface area contributed by atoms with Crippen LogP contribution in [0.5, 0.6) is 11.9 Å². The lowest BCUT2D eigenvalue weighted by molar-refractivity contribution is 0.102. The summed E-state index contributed by atoms with van der Waals surface area (Å²) >= 11 is 0. The summed E-state index contributed by atoms with van der Waals surface area (Å²) in [5.41, 5.74) is 0.305. The number of hydrogen-bond donors (Lipinski definition) is 2. The van der Waals surface area contributed by atoms with Crippen LogP contribution < -0.4 is 14.8 Å². The number of H-pyrrole nitrogens is 1. The highest BCUT2D eigenvalue weighted by Crippen LogP contribution is 2.15. The van der Waals surface area contributed by atoms with Crippen molar-refractivity contribution in [1.29, 1.82) is 0 Å². The number of amides is 1. The SMILES string of the molecule is CCOc1n[nH]c(NC(=O)c2cccnc2OC)n1. The third-order valence-corrected chi connectivity index (χ3v) is 2.18. The van der Waals surface area contributed by atoms with Gasteiger partial charge in [-0.2, -0.15) is 4.98 Å². The molecule has 0 spiro atoms. The monoisotopic (exact) mass is 263 g/mol. The van der Waals surface area contributed by atoms with E-state index in [0.717, 1.165) is 0 Å². The standard InChI is InChI=1S/C11H13N5O3/c1-3-19-11-14-10(15-16-11)13-8(17)7-5-4-6-12-9(7)18-2/h4-6H,3H2,1-2H3,(H2,13,14,15,16,17). The summed E-state index contributed by atoms with van der Waals surface area (Å²) in [6, 6.07) is 3.42. The zero-order valence-electron chi connectivity index (χ0n) is 10.5. The number of aromatic nitrogens is 4. The summed E-state index contributed by atoms with van der Waals surface area (Å²) in [6.07, 6.45) is 1.54. The van der Waals surface area contributed by atoms with Crippen LogP contribution in [0.2, 0.25) is 0 Å². The van der Waals surface area contributed by atoms with E-state index in [1.165, 1.54) is 13.3 Å². The van der Waals surface area contributed by atoms with Gasteiger partial charge in [-0.1, -0.05) is 0 Å². The van der Waals surface area contributed by atoms with Gasteiger partial charge >= 0.3 is 6.01 Å². The highest BCUT2D eigenvalue weighted by molar-refractivity contribution is 6.04. The van der Waals surface area contributed by atoms with E-state index in [1.54, 1.807) is 12.1 Å². The molecule has 0 unspecified atom stereocenters. The van der Waals surface area contributed by atoms with Gasteiger partial charge in [0.1, 0.15) is 5.56 Å². The van der Waals surface area contributed by atoms with Crippen molar-refractivity contribution in [2.75, 3.05) is 19.0 Å². The number of aromatic amines is 1. The Balaban J connectivity index is 2.11. The molecule has 2 N–H and O–H groups in total. The molecule has 100 valence electrons. The number of hydrogen-bond acceptors (Lipinski definition) is 6. The van der Waals surface area contributed by atoms with E-state index in [0.29, 0.717) is 12.2 Å². The van der Waals surface area contributed by atoms with Gasteiger partial charge in [-0.25, -0.2) is 10.1 Å². The third-order valence-electron chi connectivity index (χ3n) is 2.18. The minimum absolute atomic E-state index is 0.177. The van der Waals surface area contributed by atoms with Gasteiger partial charge in [-0.05, 0) is 19.1 Å². The molecule has 0 radical (unpaired) electrons. The molecule has 0 aliphatic heterocycles. The maximum Gasteiger partial charge on any atom is 0.337 e. The molecule has 19 heavy (non-hydrogen) atoms. The van der Waals surface area contributed by atoms with Crippen LogP contribution in [-0.4, -0.2) is 39.8 Å². The van der Waals surface area contributed by atoms with Crippen LogP contribution in [-0.2, 0) is 0 Å². The molecule has 2 aromatic heterocycles. The molecule has 0 saturated heterocycles. The maximum absolute atomic E-state index is 12.0. The highest BCUT2D eigenvalue weighted by Gasteiger charge is 2.14. The van der Waals surface area contributed by atoms with Crippen molar-refractivity contribution < 1.29 is 14.3 Å². The molecule has 0 fully saturated rings. The molecule has 2 heterocycles. The topological polar surface area (TPSA) is 102 Å². The van der Waals surface area contributed by atoms with E-state index in [1.807, 2.05) is 6.92 Å². The predicted octanol–water partition coefficient (Wildman–Crippen LogP) is 0.859. The summed E-state index contributed by atoms with van der Waals surface area (Å²) in [4.78, 5) is 19.9. The molecular weight excluding hydrogens is 250 g/mol. The zero-order chi connectivity index (χ0) is 13.7. The van der Waals surface area contributed by atoms with Crippen LogP contribution in [0.15, 0.2) is 18.3 Å². The number of anilines is 1. The fourth-order valence-corrected chi connectivity index (χ4v) is 1.40. The van der Waals surface area contributed by atoms with Crippen molar-refractivity contribution in [2.24, 2.45) is 0 Å². The van der Waals surface area contributed by atoms with E-state index in [-0.39, 0.29) is 17.8 Å². The first-order valence-electron chi connectivity index (χ1n) is 5.60. The van der Waals surface area contributed by atoms with E-state index in [9.17, 15) is 4.79 Å². The molecular formula is C11H13N5O3. The Morgan fingerprint density at radius 3 is 3.11 bits per heavy atom. The maximum atomic E-state index is 12.0. The molecule has 1 amide bonds. The van der Waals surface area contributed by atoms with E-state index < -0.39 is 5.91 Å². The summed E-state index contributed by atoms with van der Waals surface area (Å²) in [5.74, 6) is 0.0352. The molecule has 8 heteroatoms. The van der Waals surface area contributed by atoms with E-state index in [4.69, 9.17) is 9.47 Å². The van der Waals surface area contributed by atoms with Crippen LogP contribution in [0.1, 0.15) is 17.3 Å². The number of nitrogens with one attached hydrogen (secondary N) is 2. The van der Waals surface area contributed by atoms with Crippen molar-refractivity contribution in [2.45, 2.75) is 6.92 Å². The number of rotatable bonds is 5. The van der Waals surface area contributed by atoms with Gasteiger partial charge in [0, 0.05) is 6.20 Å². The average Bonchev–Trinajstić information content (AvgIpc) is 2.86. The normalized spacial score (nSPS) is 10.0. The van der Waals surface area contributed by atoms with Gasteiger partial charge in [0.25, 0.3) is 5.91 Å². The van der Waals surface area contributed by atoms with Gasteiger partial charge in [-0.3, -0.25) is 10.1 Å².